The molecule has 0 aliphatic carbocycles. The van der Waals surface area contributed by atoms with Crippen LogP contribution in [0.1, 0.15) is 36.6 Å². The van der Waals surface area contributed by atoms with Crippen molar-refractivity contribution in [2.24, 2.45) is 5.73 Å². The first kappa shape index (κ1) is 12.8. The van der Waals surface area contributed by atoms with E-state index in [1.807, 2.05) is 6.07 Å². The minimum absolute atomic E-state index is 0.149. The Morgan fingerprint density at radius 2 is 2.22 bits per heavy atom. The Labute approximate surface area is 112 Å². The fourth-order valence-corrected chi connectivity index (χ4v) is 2.74. The zero-order valence-electron chi connectivity index (χ0n) is 10.6. The lowest BCUT2D eigenvalue weighted by atomic mass is 10.1. The van der Waals surface area contributed by atoms with Crippen molar-refractivity contribution in [1.82, 2.24) is 0 Å². The summed E-state index contributed by atoms with van der Waals surface area (Å²) in [5, 5.41) is 8.62. The van der Waals surface area contributed by atoms with Crippen molar-refractivity contribution in [3.05, 3.63) is 40.8 Å². The largest absolute Gasteiger partial charge is 0.383 e. The molecule has 3 heteroatoms. The number of rotatable bonds is 5. The number of amidine groups is 1. The molecule has 0 radical (unpaired) electrons. The van der Waals surface area contributed by atoms with E-state index >= 15 is 0 Å². The first-order valence-electron chi connectivity index (χ1n) is 6.25. The van der Waals surface area contributed by atoms with Gasteiger partial charge in [0.1, 0.15) is 5.84 Å². The van der Waals surface area contributed by atoms with Gasteiger partial charge in [-0.15, -0.1) is 11.3 Å². The van der Waals surface area contributed by atoms with Gasteiger partial charge in [-0.1, -0.05) is 38.0 Å². The first-order chi connectivity index (χ1) is 8.70. The monoisotopic (exact) mass is 258 g/mol. The Kier molecular flexibility index (Phi) is 4.15. The summed E-state index contributed by atoms with van der Waals surface area (Å²) in [6, 6.07) is 8.36. The molecule has 0 bridgehead atoms. The van der Waals surface area contributed by atoms with E-state index in [0.29, 0.717) is 0 Å². The van der Waals surface area contributed by atoms with Crippen LogP contribution in [0.3, 0.4) is 0 Å². The standard InChI is InChI=1S/C15H18N2S/c1-2-3-4-5-6-11-7-8-13-12(9-11)10-14(18-13)15(16)17/h5-10H,2-4H2,1H3,(H3,16,17). The summed E-state index contributed by atoms with van der Waals surface area (Å²) in [5.74, 6) is 0.149. The number of unbranched alkanes of at least 4 members (excludes halogenated alkanes) is 2. The van der Waals surface area contributed by atoms with E-state index in [1.165, 1.54) is 28.5 Å². The van der Waals surface area contributed by atoms with Crippen molar-refractivity contribution < 1.29 is 0 Å². The molecule has 0 saturated heterocycles. The Bertz CT molecular complexity index is 581. The van der Waals surface area contributed by atoms with Crippen LogP contribution in [0.2, 0.25) is 0 Å². The maximum atomic E-state index is 7.45. The van der Waals surface area contributed by atoms with Crippen LogP contribution < -0.4 is 5.73 Å². The van der Waals surface area contributed by atoms with Gasteiger partial charge in [0, 0.05) is 4.70 Å². The van der Waals surface area contributed by atoms with Gasteiger partial charge in [0.15, 0.2) is 0 Å². The highest BCUT2D eigenvalue weighted by molar-refractivity contribution is 7.20. The lowest BCUT2D eigenvalue weighted by molar-refractivity contribution is 0.816. The smallest absolute Gasteiger partial charge is 0.133 e. The second-order valence-electron chi connectivity index (χ2n) is 4.37. The average Bonchev–Trinajstić information content (AvgIpc) is 2.78. The lowest BCUT2D eigenvalue weighted by Crippen LogP contribution is -2.08. The summed E-state index contributed by atoms with van der Waals surface area (Å²) in [7, 11) is 0. The molecular formula is C15H18N2S. The summed E-state index contributed by atoms with van der Waals surface area (Å²) in [6.45, 7) is 2.20. The minimum atomic E-state index is 0.149. The topological polar surface area (TPSA) is 49.9 Å². The zero-order chi connectivity index (χ0) is 13.0. The van der Waals surface area contributed by atoms with Crippen molar-refractivity contribution in [2.75, 3.05) is 0 Å². The third kappa shape index (κ3) is 2.99. The highest BCUT2D eigenvalue weighted by Gasteiger charge is 2.03. The van der Waals surface area contributed by atoms with Crippen molar-refractivity contribution in [2.45, 2.75) is 26.2 Å². The molecular weight excluding hydrogens is 240 g/mol. The van der Waals surface area contributed by atoms with Gasteiger partial charge in [-0.25, -0.2) is 0 Å². The molecule has 0 atom stereocenters. The van der Waals surface area contributed by atoms with E-state index in [9.17, 15) is 0 Å². The van der Waals surface area contributed by atoms with Crippen LogP contribution >= 0.6 is 11.3 Å². The van der Waals surface area contributed by atoms with Crippen molar-refractivity contribution in [1.29, 1.82) is 5.41 Å². The molecule has 0 saturated carbocycles. The third-order valence-electron chi connectivity index (χ3n) is 2.84. The molecule has 2 nitrogen and oxygen atoms in total. The van der Waals surface area contributed by atoms with Crippen LogP contribution in [0.15, 0.2) is 30.3 Å². The number of nitrogens with two attached hydrogens (primary N) is 1. The van der Waals surface area contributed by atoms with Crippen LogP contribution in [-0.2, 0) is 0 Å². The Morgan fingerprint density at radius 3 is 2.94 bits per heavy atom. The van der Waals surface area contributed by atoms with E-state index in [-0.39, 0.29) is 5.84 Å². The summed E-state index contributed by atoms with van der Waals surface area (Å²) in [5.41, 5.74) is 6.72. The predicted octanol–water partition coefficient (Wildman–Crippen LogP) is 4.39. The molecule has 1 heterocycles. The molecule has 0 unspecified atom stereocenters. The second kappa shape index (κ2) is 5.83. The van der Waals surface area contributed by atoms with Crippen LogP contribution in [-0.4, -0.2) is 5.84 Å². The van der Waals surface area contributed by atoms with Gasteiger partial charge >= 0.3 is 0 Å². The summed E-state index contributed by atoms with van der Waals surface area (Å²) in [6.07, 6.45) is 8.00. The van der Waals surface area contributed by atoms with Crippen LogP contribution in [0, 0.1) is 5.41 Å². The number of thiophene rings is 1. The highest BCUT2D eigenvalue weighted by atomic mass is 32.1. The summed E-state index contributed by atoms with van der Waals surface area (Å²) >= 11 is 1.57. The van der Waals surface area contributed by atoms with E-state index in [2.05, 4.69) is 37.3 Å². The zero-order valence-corrected chi connectivity index (χ0v) is 11.4. The molecule has 1 aromatic heterocycles. The molecule has 1 aromatic carbocycles. The Morgan fingerprint density at radius 1 is 1.39 bits per heavy atom. The van der Waals surface area contributed by atoms with E-state index in [1.54, 1.807) is 11.3 Å². The molecule has 2 rings (SSSR count). The van der Waals surface area contributed by atoms with Gasteiger partial charge in [0.25, 0.3) is 0 Å². The molecule has 94 valence electrons. The number of nitrogens with one attached hydrogen (secondary N) is 1. The molecule has 0 aliphatic rings. The fraction of sp³-hybridized carbons (Fsp3) is 0.267. The number of nitrogen functional groups attached to an aromatic ring is 1. The normalized spacial score (nSPS) is 11.4. The van der Waals surface area contributed by atoms with E-state index in [4.69, 9.17) is 11.1 Å². The van der Waals surface area contributed by atoms with Crippen molar-refractivity contribution in [3.63, 3.8) is 0 Å². The van der Waals surface area contributed by atoms with Gasteiger partial charge in [-0.2, -0.15) is 0 Å². The number of benzene rings is 1. The number of allylic oxidation sites excluding steroid dienone is 1. The maximum absolute atomic E-state index is 7.45. The molecule has 0 fully saturated rings. The highest BCUT2D eigenvalue weighted by Crippen LogP contribution is 2.26. The van der Waals surface area contributed by atoms with E-state index in [0.717, 1.165) is 11.3 Å². The number of hydrogen-bond donors (Lipinski definition) is 2. The molecule has 0 spiro atoms. The van der Waals surface area contributed by atoms with Crippen LogP contribution in [0.4, 0.5) is 0 Å². The molecule has 18 heavy (non-hydrogen) atoms. The summed E-state index contributed by atoms with van der Waals surface area (Å²) in [4.78, 5) is 0.845. The fourth-order valence-electron chi connectivity index (χ4n) is 1.84. The molecule has 3 N–H and O–H groups in total. The molecule has 0 amide bonds. The quantitative estimate of drug-likeness (QED) is 0.466. The van der Waals surface area contributed by atoms with Crippen molar-refractivity contribution in [3.8, 4) is 0 Å². The van der Waals surface area contributed by atoms with E-state index < -0.39 is 0 Å². The van der Waals surface area contributed by atoms with Gasteiger partial charge in [-0.05, 0) is 35.6 Å². The van der Waals surface area contributed by atoms with Crippen molar-refractivity contribution >= 4 is 33.3 Å². The Balaban J connectivity index is 2.21. The van der Waals surface area contributed by atoms with Gasteiger partial charge in [-0.3, -0.25) is 5.41 Å². The van der Waals surface area contributed by atoms with Gasteiger partial charge < -0.3 is 5.73 Å². The number of fused-ring (bicyclic) bond motifs is 1. The molecule has 0 aliphatic heterocycles. The maximum Gasteiger partial charge on any atom is 0.133 e. The molecule has 2 aromatic rings. The van der Waals surface area contributed by atoms with Crippen LogP contribution in [0.25, 0.3) is 16.2 Å². The SMILES string of the molecule is CCCCC=Cc1ccc2sc(C(=N)N)cc2c1. The number of hydrogen-bond acceptors (Lipinski definition) is 2. The van der Waals surface area contributed by atoms with Gasteiger partial charge in [0.2, 0.25) is 0 Å². The first-order valence-corrected chi connectivity index (χ1v) is 7.07. The Hall–Kier alpha value is -1.61. The van der Waals surface area contributed by atoms with Crippen LogP contribution in [0.5, 0.6) is 0 Å². The minimum Gasteiger partial charge on any atom is -0.383 e. The summed E-state index contributed by atoms with van der Waals surface area (Å²) < 4.78 is 1.19. The third-order valence-corrected chi connectivity index (χ3v) is 3.99. The van der Waals surface area contributed by atoms with Gasteiger partial charge in [0.05, 0.1) is 4.88 Å². The lowest BCUT2D eigenvalue weighted by Gasteiger charge is -1.94. The predicted molar refractivity (Wildman–Crippen MR) is 81.4 cm³/mol. The second-order valence-corrected chi connectivity index (χ2v) is 5.45. The average molecular weight is 258 g/mol.